The van der Waals surface area contributed by atoms with E-state index in [9.17, 15) is 19.5 Å². The molecule has 0 fully saturated rings. The lowest BCUT2D eigenvalue weighted by Crippen LogP contribution is -2.47. The van der Waals surface area contributed by atoms with Crippen molar-refractivity contribution in [2.24, 2.45) is 10.8 Å². The Kier molecular flexibility index (Phi) is 10.8. The summed E-state index contributed by atoms with van der Waals surface area (Å²) in [5.41, 5.74) is -1.45. The molecule has 1 aromatic carbocycles. The maximum absolute atomic E-state index is 12.5. The SMILES string of the molecule is CCOC(=O)C(C)(C)CC(CC(C)(CC(C)(Cl)C(=O)OCCOC)C(=O)[O-])c1ccccc1. The second-order valence-corrected chi connectivity index (χ2v) is 10.3. The number of alkyl halides is 1. The molecule has 3 atom stereocenters. The average molecular weight is 484 g/mol. The van der Waals surface area contributed by atoms with Gasteiger partial charge in [0.1, 0.15) is 11.5 Å². The van der Waals surface area contributed by atoms with Crippen molar-refractivity contribution in [3.8, 4) is 0 Å². The number of carbonyl (C=O) groups excluding carboxylic acids is 3. The third kappa shape index (κ3) is 8.63. The fraction of sp³-hybridized carbons (Fsp3) is 0.640. The van der Waals surface area contributed by atoms with Gasteiger partial charge < -0.3 is 24.1 Å². The summed E-state index contributed by atoms with van der Waals surface area (Å²) in [7, 11) is 1.47. The monoisotopic (exact) mass is 483 g/mol. The first-order chi connectivity index (χ1) is 15.3. The van der Waals surface area contributed by atoms with Crippen LogP contribution in [-0.4, -0.2) is 49.7 Å². The summed E-state index contributed by atoms with van der Waals surface area (Å²) in [6, 6.07) is 9.35. The lowest BCUT2D eigenvalue weighted by molar-refractivity contribution is -0.319. The first kappa shape index (κ1) is 28.9. The molecule has 0 aliphatic carbocycles. The molecular weight excluding hydrogens is 448 g/mol. The molecule has 0 amide bonds. The van der Waals surface area contributed by atoms with Crippen LogP contribution in [0.4, 0.5) is 0 Å². The van der Waals surface area contributed by atoms with Gasteiger partial charge in [0.2, 0.25) is 0 Å². The largest absolute Gasteiger partial charge is 0.550 e. The van der Waals surface area contributed by atoms with Crippen molar-refractivity contribution in [1.82, 2.24) is 0 Å². The maximum atomic E-state index is 12.5. The summed E-state index contributed by atoms with van der Waals surface area (Å²) in [5, 5.41) is 12.3. The Hall–Kier alpha value is -2.12. The van der Waals surface area contributed by atoms with Crippen LogP contribution in [0.3, 0.4) is 0 Å². The molecule has 0 N–H and O–H groups in total. The third-order valence-electron chi connectivity index (χ3n) is 5.71. The van der Waals surface area contributed by atoms with Crippen molar-refractivity contribution in [1.29, 1.82) is 0 Å². The number of aliphatic carboxylic acids is 1. The summed E-state index contributed by atoms with van der Waals surface area (Å²) in [6.45, 7) is 8.71. The quantitative estimate of drug-likeness (QED) is 0.227. The Labute approximate surface area is 201 Å². The van der Waals surface area contributed by atoms with Gasteiger partial charge in [0.05, 0.1) is 18.6 Å². The van der Waals surface area contributed by atoms with Gasteiger partial charge in [-0.2, -0.15) is 0 Å². The molecule has 3 unspecified atom stereocenters. The molecule has 1 rings (SSSR count). The van der Waals surface area contributed by atoms with Gasteiger partial charge in [-0.05, 0) is 58.4 Å². The Bertz CT molecular complexity index is 791. The summed E-state index contributed by atoms with van der Waals surface area (Å²) in [5.74, 6) is -2.73. The van der Waals surface area contributed by atoms with Crippen LogP contribution >= 0.6 is 11.6 Å². The van der Waals surface area contributed by atoms with Crippen molar-refractivity contribution in [2.75, 3.05) is 26.9 Å². The highest BCUT2D eigenvalue weighted by atomic mass is 35.5. The number of hydrogen-bond donors (Lipinski definition) is 0. The van der Waals surface area contributed by atoms with E-state index in [0.29, 0.717) is 6.42 Å². The van der Waals surface area contributed by atoms with Crippen LogP contribution in [0, 0.1) is 10.8 Å². The Morgan fingerprint density at radius 1 is 0.970 bits per heavy atom. The molecule has 0 aromatic heterocycles. The smallest absolute Gasteiger partial charge is 0.327 e. The molecule has 1 aromatic rings. The first-order valence-electron chi connectivity index (χ1n) is 11.1. The summed E-state index contributed by atoms with van der Waals surface area (Å²) < 4.78 is 15.2. The summed E-state index contributed by atoms with van der Waals surface area (Å²) in [6.07, 6.45) is 0.241. The van der Waals surface area contributed by atoms with E-state index in [0.717, 1.165) is 5.56 Å². The molecule has 0 saturated heterocycles. The highest BCUT2D eigenvalue weighted by Crippen LogP contribution is 2.44. The molecule has 0 heterocycles. The Morgan fingerprint density at radius 2 is 1.58 bits per heavy atom. The molecule has 7 nitrogen and oxygen atoms in total. The van der Waals surface area contributed by atoms with E-state index >= 15 is 0 Å². The van der Waals surface area contributed by atoms with Crippen LogP contribution in [0.1, 0.15) is 65.4 Å². The zero-order chi connectivity index (χ0) is 25.3. The predicted octanol–water partition coefficient (Wildman–Crippen LogP) is 3.47. The minimum Gasteiger partial charge on any atom is -0.550 e. The van der Waals surface area contributed by atoms with E-state index in [2.05, 4.69) is 0 Å². The van der Waals surface area contributed by atoms with Gasteiger partial charge in [-0.25, -0.2) is 0 Å². The van der Waals surface area contributed by atoms with Crippen molar-refractivity contribution >= 4 is 29.5 Å². The van der Waals surface area contributed by atoms with Crippen molar-refractivity contribution in [3.63, 3.8) is 0 Å². The van der Waals surface area contributed by atoms with Crippen LogP contribution in [0.25, 0.3) is 0 Å². The van der Waals surface area contributed by atoms with Gasteiger partial charge in [-0.15, -0.1) is 11.6 Å². The standard InChI is InChI=1S/C25H37ClO7/c1-7-32-21(29)23(2,3)15-19(18-11-9-8-10-12-18)16-24(4,20(27)28)17-25(5,26)22(30)33-14-13-31-6/h8-12,19H,7,13-17H2,1-6H3,(H,27,28)/p-1. The van der Waals surface area contributed by atoms with Crippen LogP contribution in [0.15, 0.2) is 30.3 Å². The maximum Gasteiger partial charge on any atom is 0.327 e. The molecule has 0 aliphatic heterocycles. The minimum atomic E-state index is -1.58. The number of esters is 2. The van der Waals surface area contributed by atoms with E-state index in [1.54, 1.807) is 20.8 Å². The first-order valence-corrected chi connectivity index (χ1v) is 11.5. The topological polar surface area (TPSA) is 102 Å². The molecule has 0 radical (unpaired) electrons. The molecule has 0 saturated carbocycles. The van der Waals surface area contributed by atoms with Gasteiger partial charge in [0, 0.05) is 18.5 Å². The number of carboxylic acid groups (broad SMARTS) is 1. The second-order valence-electron chi connectivity index (χ2n) is 9.47. The normalized spacial score (nSPS) is 16.2. The van der Waals surface area contributed by atoms with E-state index in [-0.39, 0.29) is 44.5 Å². The summed E-state index contributed by atoms with van der Waals surface area (Å²) in [4.78, 5) is 35.8. The van der Waals surface area contributed by atoms with Crippen LogP contribution in [0.5, 0.6) is 0 Å². The number of rotatable bonds is 14. The number of benzene rings is 1. The number of methoxy groups -OCH3 is 1. The average Bonchev–Trinajstić information content (AvgIpc) is 2.73. The minimum absolute atomic E-state index is 0.0139. The van der Waals surface area contributed by atoms with E-state index in [1.165, 1.54) is 21.0 Å². The van der Waals surface area contributed by atoms with E-state index in [1.807, 2.05) is 30.3 Å². The molecule has 0 aliphatic rings. The number of ether oxygens (including phenoxy) is 3. The predicted molar refractivity (Wildman–Crippen MR) is 124 cm³/mol. The van der Waals surface area contributed by atoms with Gasteiger partial charge >= 0.3 is 11.9 Å². The fourth-order valence-corrected chi connectivity index (χ4v) is 4.35. The van der Waals surface area contributed by atoms with Gasteiger partial charge in [-0.3, -0.25) is 9.59 Å². The summed E-state index contributed by atoms with van der Waals surface area (Å²) >= 11 is 6.47. The Balaban J connectivity index is 3.22. The van der Waals surface area contributed by atoms with Gasteiger partial charge in [-0.1, -0.05) is 37.3 Å². The van der Waals surface area contributed by atoms with Crippen molar-refractivity contribution in [3.05, 3.63) is 35.9 Å². The van der Waals surface area contributed by atoms with Gasteiger partial charge in [0.25, 0.3) is 0 Å². The second kappa shape index (κ2) is 12.4. The Morgan fingerprint density at radius 3 is 2.09 bits per heavy atom. The fourth-order valence-electron chi connectivity index (χ4n) is 4.00. The van der Waals surface area contributed by atoms with Crippen molar-refractivity contribution < 1.29 is 33.7 Å². The number of hydrogen-bond acceptors (Lipinski definition) is 7. The highest BCUT2D eigenvalue weighted by Gasteiger charge is 2.44. The number of carboxylic acids is 1. The molecular formula is C25H36ClO7-. The molecule has 0 bridgehead atoms. The molecule has 8 heteroatoms. The lowest BCUT2D eigenvalue weighted by atomic mass is 9.69. The number of halogens is 1. The lowest BCUT2D eigenvalue weighted by Gasteiger charge is -2.40. The van der Waals surface area contributed by atoms with Crippen LogP contribution < -0.4 is 5.11 Å². The zero-order valence-electron chi connectivity index (χ0n) is 20.4. The zero-order valence-corrected chi connectivity index (χ0v) is 21.2. The molecule has 0 spiro atoms. The van der Waals surface area contributed by atoms with Crippen LogP contribution in [-0.2, 0) is 28.6 Å². The number of carbonyl (C=O) groups is 3. The van der Waals surface area contributed by atoms with E-state index in [4.69, 9.17) is 25.8 Å². The van der Waals surface area contributed by atoms with Gasteiger partial charge in [0.15, 0.2) is 0 Å². The van der Waals surface area contributed by atoms with Crippen molar-refractivity contribution in [2.45, 2.75) is 64.7 Å². The van der Waals surface area contributed by atoms with Crippen LogP contribution in [0.2, 0.25) is 0 Å². The highest BCUT2D eigenvalue weighted by molar-refractivity contribution is 6.33. The molecule has 186 valence electrons. The molecule has 33 heavy (non-hydrogen) atoms. The third-order valence-corrected chi connectivity index (χ3v) is 6.00. The van der Waals surface area contributed by atoms with E-state index < -0.39 is 27.6 Å².